The molecule has 0 aliphatic heterocycles. The number of halogens is 1. The molecule has 2 aromatic carbocycles. The van der Waals surface area contributed by atoms with Crippen LogP contribution in [0.2, 0.25) is 0 Å². The molecule has 23 heavy (non-hydrogen) atoms. The predicted octanol–water partition coefficient (Wildman–Crippen LogP) is 2.79. The largest absolute Gasteiger partial charge is 0.494 e. The first-order valence-corrected chi connectivity index (χ1v) is 7.21. The Morgan fingerprint density at radius 2 is 1.87 bits per heavy atom. The number of amides is 1. The maximum atomic E-state index is 12.7. The molecule has 2 N–H and O–H groups in total. The molecule has 120 valence electrons. The highest BCUT2D eigenvalue weighted by atomic mass is 19.1. The number of carbonyl (C=O) groups excluding carboxylic acids is 1. The average Bonchev–Trinajstić information content (AvgIpc) is 2.56. The molecular weight excluding hydrogens is 297 g/mol. The Bertz CT molecular complexity index is 655. The molecule has 1 amide bonds. The lowest BCUT2D eigenvalue weighted by molar-refractivity contribution is -0.119. The highest BCUT2D eigenvalue weighted by Gasteiger charge is 2.00. The summed E-state index contributed by atoms with van der Waals surface area (Å²) in [6, 6.07) is 13.1. The second-order valence-electron chi connectivity index (χ2n) is 4.66. The first kappa shape index (κ1) is 16.5. The Morgan fingerprint density at radius 1 is 1.17 bits per heavy atom. The number of rotatable bonds is 7. The zero-order valence-corrected chi connectivity index (χ0v) is 12.8. The van der Waals surface area contributed by atoms with Crippen LogP contribution in [0.4, 0.5) is 10.1 Å². The van der Waals surface area contributed by atoms with Gasteiger partial charge in [-0.05, 0) is 48.9 Å². The second-order valence-corrected chi connectivity index (χ2v) is 4.66. The van der Waals surface area contributed by atoms with Crippen LogP contribution in [0.5, 0.6) is 5.75 Å². The highest BCUT2D eigenvalue weighted by molar-refractivity contribution is 5.84. The van der Waals surface area contributed by atoms with E-state index in [1.165, 1.54) is 18.3 Å². The van der Waals surface area contributed by atoms with Gasteiger partial charge in [0, 0.05) is 5.69 Å². The Hall–Kier alpha value is -2.89. The fraction of sp³-hybridized carbons (Fsp3) is 0.176. The van der Waals surface area contributed by atoms with Gasteiger partial charge in [-0.25, -0.2) is 9.82 Å². The van der Waals surface area contributed by atoms with Gasteiger partial charge in [-0.3, -0.25) is 4.79 Å². The van der Waals surface area contributed by atoms with Crippen LogP contribution in [0.25, 0.3) is 0 Å². The minimum atomic E-state index is -0.314. The summed E-state index contributed by atoms with van der Waals surface area (Å²) in [6.45, 7) is 2.62. The van der Waals surface area contributed by atoms with Gasteiger partial charge >= 0.3 is 0 Å². The maximum Gasteiger partial charge on any atom is 0.259 e. The number of anilines is 1. The number of nitrogens with zero attached hydrogens (tertiary/aromatic N) is 1. The van der Waals surface area contributed by atoms with E-state index in [1.807, 2.05) is 31.2 Å². The van der Waals surface area contributed by atoms with E-state index < -0.39 is 0 Å². The van der Waals surface area contributed by atoms with Crippen LogP contribution < -0.4 is 15.5 Å². The minimum Gasteiger partial charge on any atom is -0.494 e. The van der Waals surface area contributed by atoms with E-state index in [-0.39, 0.29) is 18.3 Å². The van der Waals surface area contributed by atoms with Crippen molar-refractivity contribution in [2.24, 2.45) is 5.10 Å². The van der Waals surface area contributed by atoms with Crippen LogP contribution in [-0.2, 0) is 4.79 Å². The molecule has 0 unspecified atom stereocenters. The van der Waals surface area contributed by atoms with E-state index in [0.29, 0.717) is 12.2 Å². The van der Waals surface area contributed by atoms with Crippen LogP contribution in [0.15, 0.2) is 53.6 Å². The molecule has 0 aliphatic rings. The van der Waals surface area contributed by atoms with E-state index in [9.17, 15) is 9.18 Å². The van der Waals surface area contributed by atoms with Gasteiger partial charge in [0.25, 0.3) is 5.91 Å². The summed E-state index contributed by atoms with van der Waals surface area (Å²) in [6.07, 6.45) is 1.45. The Morgan fingerprint density at radius 3 is 2.52 bits per heavy atom. The fourth-order valence-electron chi connectivity index (χ4n) is 1.79. The number of hydrogen-bond donors (Lipinski definition) is 2. The molecule has 0 bridgehead atoms. The number of hydrogen-bond acceptors (Lipinski definition) is 4. The van der Waals surface area contributed by atoms with Gasteiger partial charge in [0.2, 0.25) is 0 Å². The molecule has 0 saturated carbocycles. The van der Waals surface area contributed by atoms with E-state index in [1.54, 1.807) is 12.1 Å². The number of ether oxygens (including phenoxy) is 1. The molecule has 0 spiro atoms. The molecule has 0 radical (unpaired) electrons. The first-order valence-electron chi connectivity index (χ1n) is 7.21. The first-order chi connectivity index (χ1) is 11.2. The molecule has 0 fully saturated rings. The second kappa shape index (κ2) is 8.53. The number of nitrogens with one attached hydrogen (secondary N) is 2. The normalized spacial score (nSPS) is 10.5. The molecule has 2 aromatic rings. The van der Waals surface area contributed by atoms with Crippen LogP contribution in [-0.4, -0.2) is 25.3 Å². The van der Waals surface area contributed by atoms with Crippen molar-refractivity contribution in [2.45, 2.75) is 6.92 Å². The minimum absolute atomic E-state index is 0.0920. The summed E-state index contributed by atoms with van der Waals surface area (Å²) in [5, 5.41) is 6.79. The number of benzene rings is 2. The van der Waals surface area contributed by atoms with Crippen molar-refractivity contribution in [3.8, 4) is 5.75 Å². The van der Waals surface area contributed by atoms with Crippen molar-refractivity contribution in [3.63, 3.8) is 0 Å². The summed E-state index contributed by atoms with van der Waals surface area (Å²) in [5.74, 6) is 0.189. The third-order valence-electron chi connectivity index (χ3n) is 2.89. The van der Waals surface area contributed by atoms with Gasteiger partial charge in [0.15, 0.2) is 0 Å². The Balaban J connectivity index is 1.75. The van der Waals surface area contributed by atoms with Crippen molar-refractivity contribution in [1.29, 1.82) is 0 Å². The van der Waals surface area contributed by atoms with E-state index >= 15 is 0 Å². The standard InChI is InChI=1S/C17H18FN3O2/c1-2-23-16-9-7-15(8-10-16)19-12-17(22)21-20-11-13-3-5-14(18)6-4-13/h3-11,19H,2,12H2,1H3,(H,21,22)/b20-11-. The van der Waals surface area contributed by atoms with Crippen LogP contribution in [0.3, 0.4) is 0 Å². The maximum absolute atomic E-state index is 12.7. The summed E-state index contributed by atoms with van der Waals surface area (Å²) < 4.78 is 18.1. The SMILES string of the molecule is CCOc1ccc(NCC(=O)N/N=C\c2ccc(F)cc2)cc1. The summed E-state index contributed by atoms with van der Waals surface area (Å²) in [5.41, 5.74) is 3.91. The Kier molecular flexibility index (Phi) is 6.11. The molecule has 5 nitrogen and oxygen atoms in total. The summed E-state index contributed by atoms with van der Waals surface area (Å²) in [7, 11) is 0. The van der Waals surface area contributed by atoms with Crippen molar-refractivity contribution in [3.05, 3.63) is 59.9 Å². The van der Waals surface area contributed by atoms with E-state index in [2.05, 4.69) is 15.8 Å². The van der Waals surface area contributed by atoms with Crippen molar-refractivity contribution < 1.29 is 13.9 Å². The zero-order chi connectivity index (χ0) is 16.5. The molecule has 0 aliphatic carbocycles. The van der Waals surface area contributed by atoms with Crippen molar-refractivity contribution in [2.75, 3.05) is 18.5 Å². The van der Waals surface area contributed by atoms with Crippen LogP contribution in [0, 0.1) is 5.82 Å². The monoisotopic (exact) mass is 315 g/mol. The van der Waals surface area contributed by atoms with Crippen molar-refractivity contribution in [1.82, 2.24) is 5.43 Å². The lowest BCUT2D eigenvalue weighted by Gasteiger charge is -2.07. The summed E-state index contributed by atoms with van der Waals surface area (Å²) >= 11 is 0. The molecular formula is C17H18FN3O2. The molecule has 0 heterocycles. The lowest BCUT2D eigenvalue weighted by Crippen LogP contribution is -2.25. The third kappa shape index (κ3) is 5.78. The zero-order valence-electron chi connectivity index (χ0n) is 12.8. The smallest absolute Gasteiger partial charge is 0.259 e. The highest BCUT2D eigenvalue weighted by Crippen LogP contribution is 2.15. The summed E-state index contributed by atoms with van der Waals surface area (Å²) in [4.78, 5) is 11.7. The lowest BCUT2D eigenvalue weighted by atomic mass is 10.2. The van der Waals surface area contributed by atoms with Gasteiger partial charge in [-0.2, -0.15) is 5.10 Å². The predicted molar refractivity (Wildman–Crippen MR) is 88.2 cm³/mol. The molecule has 0 atom stereocenters. The molecule has 2 rings (SSSR count). The van der Waals surface area contributed by atoms with Crippen LogP contribution >= 0.6 is 0 Å². The van der Waals surface area contributed by atoms with E-state index in [0.717, 1.165) is 11.4 Å². The van der Waals surface area contributed by atoms with Gasteiger partial charge in [-0.1, -0.05) is 12.1 Å². The fourth-order valence-corrected chi connectivity index (χ4v) is 1.79. The molecule has 6 heteroatoms. The van der Waals surface area contributed by atoms with Crippen LogP contribution in [0.1, 0.15) is 12.5 Å². The quantitative estimate of drug-likeness (QED) is 0.610. The van der Waals surface area contributed by atoms with Crippen molar-refractivity contribution >= 4 is 17.8 Å². The van der Waals surface area contributed by atoms with Gasteiger partial charge < -0.3 is 10.1 Å². The average molecular weight is 315 g/mol. The number of hydrazone groups is 1. The Labute approximate surface area is 134 Å². The van der Waals surface area contributed by atoms with Gasteiger partial charge in [0.1, 0.15) is 11.6 Å². The third-order valence-corrected chi connectivity index (χ3v) is 2.89. The van der Waals surface area contributed by atoms with E-state index in [4.69, 9.17) is 4.74 Å². The number of carbonyl (C=O) groups is 1. The topological polar surface area (TPSA) is 62.7 Å². The van der Waals surface area contributed by atoms with Gasteiger partial charge in [0.05, 0.1) is 19.4 Å². The van der Waals surface area contributed by atoms with Gasteiger partial charge in [-0.15, -0.1) is 0 Å². The molecule has 0 aromatic heterocycles. The molecule has 0 saturated heterocycles.